The molecule has 12 heavy (non-hydrogen) atoms. The number of unbranched alkanes of at least 4 members (excludes halogenated alkanes) is 1. The summed E-state index contributed by atoms with van der Waals surface area (Å²) < 4.78 is 0. The Morgan fingerprint density at radius 2 is 2.08 bits per heavy atom. The lowest BCUT2D eigenvalue weighted by Gasteiger charge is -1.90. The van der Waals surface area contributed by atoms with Crippen molar-refractivity contribution in [3.8, 4) is 0 Å². The van der Waals surface area contributed by atoms with Gasteiger partial charge in [-0.1, -0.05) is 24.3 Å². The van der Waals surface area contributed by atoms with Gasteiger partial charge in [0.1, 0.15) is 0 Å². The minimum absolute atomic E-state index is 0.211. The molecule has 0 saturated heterocycles. The molecule has 0 bridgehead atoms. The van der Waals surface area contributed by atoms with Crippen LogP contribution >= 0.6 is 0 Å². The van der Waals surface area contributed by atoms with Gasteiger partial charge in [-0.3, -0.25) is 4.79 Å². The third-order valence-electron chi connectivity index (χ3n) is 1.47. The van der Waals surface area contributed by atoms with E-state index in [-0.39, 0.29) is 5.91 Å². The molecule has 2 nitrogen and oxygen atoms in total. The summed E-state index contributed by atoms with van der Waals surface area (Å²) in [7, 11) is 0. The molecule has 0 rings (SSSR count). The second kappa shape index (κ2) is 8.05. The highest BCUT2D eigenvalue weighted by Gasteiger charge is 1.90. The second-order valence-electron chi connectivity index (χ2n) is 2.63. The average Bonchev–Trinajstić information content (AvgIpc) is 2.02. The molecule has 0 aliphatic rings. The van der Waals surface area contributed by atoms with Gasteiger partial charge in [0.25, 0.3) is 0 Å². The number of primary amides is 1. The fourth-order valence-electron chi connectivity index (χ4n) is 0.823. The third kappa shape index (κ3) is 8.95. The zero-order valence-corrected chi connectivity index (χ0v) is 7.62. The Bertz CT molecular complexity index is 171. The van der Waals surface area contributed by atoms with Crippen LogP contribution in [0.5, 0.6) is 0 Å². The van der Waals surface area contributed by atoms with E-state index >= 15 is 0 Å². The molecule has 68 valence electrons. The summed E-state index contributed by atoms with van der Waals surface area (Å²) in [6.45, 7) is 2.00. The summed E-state index contributed by atoms with van der Waals surface area (Å²) in [5, 5.41) is 0. The van der Waals surface area contributed by atoms with Gasteiger partial charge in [0.2, 0.25) is 5.91 Å². The maximum atomic E-state index is 10.3. The van der Waals surface area contributed by atoms with Gasteiger partial charge < -0.3 is 5.73 Å². The zero-order chi connectivity index (χ0) is 9.23. The number of rotatable bonds is 6. The van der Waals surface area contributed by atoms with Crippen LogP contribution in [0.25, 0.3) is 0 Å². The molecule has 0 aromatic carbocycles. The molecule has 0 saturated carbocycles. The Hall–Kier alpha value is -1.05. The van der Waals surface area contributed by atoms with Crippen LogP contribution < -0.4 is 5.73 Å². The molecule has 0 fully saturated rings. The lowest BCUT2D eigenvalue weighted by molar-refractivity contribution is -0.118. The second-order valence-corrected chi connectivity index (χ2v) is 2.63. The maximum absolute atomic E-state index is 10.3. The van der Waals surface area contributed by atoms with Gasteiger partial charge in [-0.2, -0.15) is 0 Å². The Labute approximate surface area is 74.1 Å². The predicted octanol–water partition coefficient (Wildman–Crippen LogP) is 2.16. The molecule has 0 heterocycles. The first kappa shape index (κ1) is 11.0. The number of carbonyl (C=O) groups excluding carboxylic acids is 1. The molecule has 0 aromatic heterocycles. The molecule has 0 radical (unpaired) electrons. The van der Waals surface area contributed by atoms with Gasteiger partial charge >= 0.3 is 0 Å². The number of carbonyl (C=O) groups is 1. The Morgan fingerprint density at radius 3 is 2.67 bits per heavy atom. The molecule has 2 heteroatoms. The lowest BCUT2D eigenvalue weighted by Crippen LogP contribution is -2.09. The Morgan fingerprint density at radius 1 is 1.33 bits per heavy atom. The molecule has 0 aromatic rings. The number of hydrogen-bond acceptors (Lipinski definition) is 1. The van der Waals surface area contributed by atoms with Gasteiger partial charge in [0.15, 0.2) is 0 Å². The highest BCUT2D eigenvalue weighted by Crippen LogP contribution is 1.96. The maximum Gasteiger partial charge on any atom is 0.217 e. The van der Waals surface area contributed by atoms with Gasteiger partial charge in [-0.05, 0) is 26.2 Å². The smallest absolute Gasteiger partial charge is 0.217 e. The first-order chi connectivity index (χ1) is 5.77. The fourth-order valence-corrected chi connectivity index (χ4v) is 0.823. The van der Waals surface area contributed by atoms with Crippen molar-refractivity contribution in [3.05, 3.63) is 24.3 Å². The number of nitrogens with two attached hydrogens (primary N) is 1. The number of amides is 1. The normalized spacial score (nSPS) is 11.4. The topological polar surface area (TPSA) is 43.1 Å². The van der Waals surface area contributed by atoms with Crippen LogP contribution in [0.3, 0.4) is 0 Å². The van der Waals surface area contributed by atoms with Gasteiger partial charge in [0, 0.05) is 6.42 Å². The summed E-state index contributed by atoms with van der Waals surface area (Å²) in [4.78, 5) is 10.3. The third-order valence-corrected chi connectivity index (χ3v) is 1.47. The standard InChI is InChI=1S/C10H17NO/c1-2-3-4-5-6-7-8-9-10(11)12/h2-3,5-6H,4,7-9H2,1H3,(H2,11,12). The van der Waals surface area contributed by atoms with Gasteiger partial charge in [0.05, 0.1) is 0 Å². The molecule has 0 aliphatic heterocycles. The van der Waals surface area contributed by atoms with Gasteiger partial charge in [-0.25, -0.2) is 0 Å². The number of hydrogen-bond donors (Lipinski definition) is 1. The van der Waals surface area contributed by atoms with Crippen LogP contribution in [0, 0.1) is 0 Å². The van der Waals surface area contributed by atoms with E-state index in [1.807, 2.05) is 13.0 Å². The summed E-state index contributed by atoms with van der Waals surface area (Å²) >= 11 is 0. The molecule has 0 unspecified atom stereocenters. The SMILES string of the molecule is CC=CCC=CCCCC(N)=O. The van der Waals surface area contributed by atoms with Crippen molar-refractivity contribution >= 4 is 5.91 Å². The summed E-state index contributed by atoms with van der Waals surface area (Å²) in [5.74, 6) is -0.211. The van der Waals surface area contributed by atoms with E-state index in [9.17, 15) is 4.79 Å². The van der Waals surface area contributed by atoms with E-state index in [1.165, 1.54) is 0 Å². The van der Waals surface area contributed by atoms with Crippen molar-refractivity contribution in [2.24, 2.45) is 5.73 Å². The highest BCUT2D eigenvalue weighted by atomic mass is 16.1. The van der Waals surface area contributed by atoms with Crippen molar-refractivity contribution in [2.75, 3.05) is 0 Å². The molecule has 1 amide bonds. The van der Waals surface area contributed by atoms with Crippen LogP contribution in [0.1, 0.15) is 32.6 Å². The predicted molar refractivity (Wildman–Crippen MR) is 51.6 cm³/mol. The Kier molecular flexibility index (Phi) is 7.35. The van der Waals surface area contributed by atoms with Crippen molar-refractivity contribution in [2.45, 2.75) is 32.6 Å². The van der Waals surface area contributed by atoms with E-state index < -0.39 is 0 Å². The van der Waals surface area contributed by atoms with Crippen molar-refractivity contribution in [3.63, 3.8) is 0 Å². The molecular weight excluding hydrogens is 150 g/mol. The van der Waals surface area contributed by atoms with E-state index in [2.05, 4.69) is 18.2 Å². The van der Waals surface area contributed by atoms with Crippen LogP contribution in [0.15, 0.2) is 24.3 Å². The van der Waals surface area contributed by atoms with E-state index in [4.69, 9.17) is 5.73 Å². The molecule has 0 spiro atoms. The van der Waals surface area contributed by atoms with Crippen molar-refractivity contribution < 1.29 is 4.79 Å². The molecule has 0 atom stereocenters. The van der Waals surface area contributed by atoms with E-state index in [0.717, 1.165) is 19.3 Å². The summed E-state index contributed by atoms with van der Waals surface area (Å²) in [5.41, 5.74) is 4.98. The summed E-state index contributed by atoms with van der Waals surface area (Å²) in [6.07, 6.45) is 11.6. The first-order valence-electron chi connectivity index (χ1n) is 4.32. The quantitative estimate of drug-likeness (QED) is 0.478. The monoisotopic (exact) mass is 167 g/mol. The fraction of sp³-hybridized carbons (Fsp3) is 0.500. The van der Waals surface area contributed by atoms with Crippen molar-refractivity contribution in [1.29, 1.82) is 0 Å². The lowest BCUT2D eigenvalue weighted by atomic mass is 10.2. The van der Waals surface area contributed by atoms with Crippen LogP contribution in [-0.4, -0.2) is 5.91 Å². The Balaban J connectivity index is 3.19. The molecule has 2 N–H and O–H groups in total. The minimum Gasteiger partial charge on any atom is -0.370 e. The van der Waals surface area contributed by atoms with E-state index in [0.29, 0.717) is 6.42 Å². The first-order valence-corrected chi connectivity index (χ1v) is 4.32. The molecular formula is C10H17NO. The number of allylic oxidation sites excluding steroid dienone is 4. The largest absolute Gasteiger partial charge is 0.370 e. The van der Waals surface area contributed by atoms with Crippen LogP contribution in [-0.2, 0) is 4.79 Å². The van der Waals surface area contributed by atoms with Crippen LogP contribution in [0.4, 0.5) is 0 Å². The average molecular weight is 167 g/mol. The van der Waals surface area contributed by atoms with Crippen molar-refractivity contribution in [1.82, 2.24) is 0 Å². The van der Waals surface area contributed by atoms with Gasteiger partial charge in [-0.15, -0.1) is 0 Å². The minimum atomic E-state index is -0.211. The van der Waals surface area contributed by atoms with E-state index in [1.54, 1.807) is 0 Å². The molecule has 0 aliphatic carbocycles. The zero-order valence-electron chi connectivity index (χ0n) is 7.62. The van der Waals surface area contributed by atoms with Crippen LogP contribution in [0.2, 0.25) is 0 Å². The summed E-state index contributed by atoms with van der Waals surface area (Å²) in [6, 6.07) is 0. The highest BCUT2D eigenvalue weighted by molar-refractivity contribution is 5.73.